The lowest BCUT2D eigenvalue weighted by atomic mass is 10.2. The van der Waals surface area contributed by atoms with Gasteiger partial charge in [0.15, 0.2) is 0 Å². The molecule has 1 heterocycles. The van der Waals surface area contributed by atoms with Crippen molar-refractivity contribution < 1.29 is 14.3 Å². The summed E-state index contributed by atoms with van der Waals surface area (Å²) in [5.41, 5.74) is 7.15. The third kappa shape index (κ3) is 4.09. The van der Waals surface area contributed by atoms with Gasteiger partial charge in [-0.25, -0.2) is 4.68 Å². The number of rotatable bonds is 4. The number of hydrogen-bond donors (Lipinski definition) is 2. The Morgan fingerprint density at radius 3 is 2.37 bits per heavy atom. The minimum Gasteiger partial charge on any atom is -0.496 e. The number of halogens is 1. The molecular formula is C19H17ClN4O3. The standard InChI is InChI=1S/C19H17ClN4O3/c1-12-9-10-21-24(12)15-6-3-13(4-7-15)18(25)22-23-19(26)16-11-14(20)5-8-17(16)27-2/h3-11H,1-2H3,(H,22,25)(H,23,26). The zero-order chi connectivity index (χ0) is 19.4. The fraction of sp³-hybridized carbons (Fsp3) is 0.105. The highest BCUT2D eigenvalue weighted by Gasteiger charge is 2.14. The maximum Gasteiger partial charge on any atom is 0.273 e. The Labute approximate surface area is 160 Å². The molecular weight excluding hydrogens is 368 g/mol. The number of ether oxygens (including phenoxy) is 1. The molecule has 2 N–H and O–H groups in total. The van der Waals surface area contributed by atoms with Gasteiger partial charge in [-0.2, -0.15) is 5.10 Å². The summed E-state index contributed by atoms with van der Waals surface area (Å²) in [5.74, 6) is -0.635. The molecule has 0 radical (unpaired) electrons. The summed E-state index contributed by atoms with van der Waals surface area (Å²) in [6.45, 7) is 1.94. The van der Waals surface area contributed by atoms with Crippen molar-refractivity contribution in [3.05, 3.63) is 76.6 Å². The molecule has 3 aromatic rings. The first-order chi connectivity index (χ1) is 13.0. The van der Waals surface area contributed by atoms with Gasteiger partial charge in [-0.15, -0.1) is 0 Å². The molecule has 138 valence electrons. The van der Waals surface area contributed by atoms with Crippen LogP contribution < -0.4 is 15.6 Å². The highest BCUT2D eigenvalue weighted by atomic mass is 35.5. The van der Waals surface area contributed by atoms with Crippen LogP contribution in [0.15, 0.2) is 54.7 Å². The van der Waals surface area contributed by atoms with Crippen LogP contribution in [0.3, 0.4) is 0 Å². The van der Waals surface area contributed by atoms with Crippen molar-refractivity contribution in [1.82, 2.24) is 20.6 Å². The summed E-state index contributed by atoms with van der Waals surface area (Å²) >= 11 is 5.91. The minimum absolute atomic E-state index is 0.217. The van der Waals surface area contributed by atoms with Crippen molar-refractivity contribution in [3.8, 4) is 11.4 Å². The molecule has 0 aliphatic heterocycles. The summed E-state index contributed by atoms with van der Waals surface area (Å²) in [6.07, 6.45) is 1.70. The highest BCUT2D eigenvalue weighted by molar-refractivity contribution is 6.31. The zero-order valence-corrected chi connectivity index (χ0v) is 15.4. The number of carbonyl (C=O) groups excluding carboxylic acids is 2. The van der Waals surface area contributed by atoms with E-state index < -0.39 is 11.8 Å². The van der Waals surface area contributed by atoms with Crippen LogP contribution in [0.1, 0.15) is 26.4 Å². The van der Waals surface area contributed by atoms with Gasteiger partial charge in [-0.1, -0.05) is 11.6 Å². The minimum atomic E-state index is -0.536. The topological polar surface area (TPSA) is 85.3 Å². The molecule has 7 nitrogen and oxygen atoms in total. The average Bonchev–Trinajstić information content (AvgIpc) is 3.11. The van der Waals surface area contributed by atoms with Gasteiger partial charge in [0.25, 0.3) is 11.8 Å². The van der Waals surface area contributed by atoms with Crippen LogP contribution in [0.5, 0.6) is 5.75 Å². The Morgan fingerprint density at radius 1 is 1.04 bits per heavy atom. The molecule has 0 fully saturated rings. The van der Waals surface area contributed by atoms with Crippen LogP contribution in [0.2, 0.25) is 5.02 Å². The van der Waals surface area contributed by atoms with E-state index in [0.29, 0.717) is 16.3 Å². The summed E-state index contributed by atoms with van der Waals surface area (Å²) < 4.78 is 6.89. The van der Waals surface area contributed by atoms with Gasteiger partial charge in [0, 0.05) is 22.5 Å². The summed E-state index contributed by atoms with van der Waals surface area (Å²) in [6, 6.07) is 13.4. The molecule has 27 heavy (non-hydrogen) atoms. The van der Waals surface area contributed by atoms with E-state index in [4.69, 9.17) is 16.3 Å². The first-order valence-corrected chi connectivity index (χ1v) is 8.42. The first-order valence-electron chi connectivity index (χ1n) is 8.05. The predicted molar refractivity (Wildman–Crippen MR) is 101 cm³/mol. The predicted octanol–water partition coefficient (Wildman–Crippen LogP) is 2.92. The molecule has 0 spiro atoms. The van der Waals surface area contributed by atoms with Crippen molar-refractivity contribution >= 4 is 23.4 Å². The molecule has 0 saturated carbocycles. The summed E-state index contributed by atoms with van der Waals surface area (Å²) in [5, 5.41) is 4.60. The van der Waals surface area contributed by atoms with Gasteiger partial charge >= 0.3 is 0 Å². The van der Waals surface area contributed by atoms with E-state index >= 15 is 0 Å². The number of nitrogens with one attached hydrogen (secondary N) is 2. The second kappa shape index (κ2) is 7.92. The van der Waals surface area contributed by atoms with Crippen molar-refractivity contribution in [2.24, 2.45) is 0 Å². The van der Waals surface area contributed by atoms with Gasteiger partial charge in [0.2, 0.25) is 0 Å². The normalized spacial score (nSPS) is 10.3. The fourth-order valence-electron chi connectivity index (χ4n) is 2.50. The van der Waals surface area contributed by atoms with Gasteiger partial charge in [-0.3, -0.25) is 20.4 Å². The number of carbonyl (C=O) groups is 2. The van der Waals surface area contributed by atoms with Crippen LogP contribution in [0.4, 0.5) is 0 Å². The molecule has 8 heteroatoms. The number of aromatic nitrogens is 2. The third-order valence-corrected chi connectivity index (χ3v) is 4.14. The lowest BCUT2D eigenvalue weighted by Crippen LogP contribution is -2.41. The van der Waals surface area contributed by atoms with E-state index in [1.165, 1.54) is 13.2 Å². The number of methoxy groups -OCH3 is 1. The van der Waals surface area contributed by atoms with Crippen LogP contribution in [0.25, 0.3) is 5.69 Å². The Balaban J connectivity index is 1.67. The highest BCUT2D eigenvalue weighted by Crippen LogP contribution is 2.22. The Hall–Kier alpha value is -3.32. The van der Waals surface area contributed by atoms with Crippen molar-refractivity contribution in [2.75, 3.05) is 7.11 Å². The van der Waals surface area contributed by atoms with Crippen LogP contribution in [-0.2, 0) is 0 Å². The van der Waals surface area contributed by atoms with Crippen molar-refractivity contribution in [3.63, 3.8) is 0 Å². The molecule has 2 amide bonds. The van der Waals surface area contributed by atoms with E-state index in [1.807, 2.05) is 13.0 Å². The zero-order valence-electron chi connectivity index (χ0n) is 14.7. The van der Waals surface area contributed by atoms with Crippen molar-refractivity contribution in [2.45, 2.75) is 6.92 Å². The summed E-state index contributed by atoms with van der Waals surface area (Å²) in [4.78, 5) is 24.5. The molecule has 0 saturated heterocycles. The largest absolute Gasteiger partial charge is 0.496 e. The van der Waals surface area contributed by atoms with Crippen LogP contribution in [0, 0.1) is 6.92 Å². The number of amides is 2. The maximum atomic E-state index is 12.3. The smallest absolute Gasteiger partial charge is 0.273 e. The van der Waals surface area contributed by atoms with Crippen LogP contribution in [-0.4, -0.2) is 28.7 Å². The molecule has 0 unspecified atom stereocenters. The van der Waals surface area contributed by atoms with Gasteiger partial charge < -0.3 is 4.74 Å². The van der Waals surface area contributed by atoms with Crippen molar-refractivity contribution in [1.29, 1.82) is 0 Å². The van der Waals surface area contributed by atoms with E-state index in [0.717, 1.165) is 11.4 Å². The number of aryl methyl sites for hydroxylation is 1. The molecule has 0 aliphatic carbocycles. The lowest BCUT2D eigenvalue weighted by molar-refractivity contribution is 0.0845. The average molecular weight is 385 g/mol. The second-order valence-electron chi connectivity index (χ2n) is 5.68. The molecule has 1 aromatic heterocycles. The Morgan fingerprint density at radius 2 is 1.74 bits per heavy atom. The Kier molecular flexibility index (Phi) is 5.42. The number of benzene rings is 2. The van der Waals surface area contributed by atoms with E-state index in [-0.39, 0.29) is 5.56 Å². The SMILES string of the molecule is COc1ccc(Cl)cc1C(=O)NNC(=O)c1ccc(-n2nccc2C)cc1. The molecule has 3 rings (SSSR count). The second-order valence-corrected chi connectivity index (χ2v) is 6.12. The third-order valence-electron chi connectivity index (χ3n) is 3.90. The van der Waals surface area contributed by atoms with Gasteiger partial charge in [0.1, 0.15) is 5.75 Å². The quantitative estimate of drug-likeness (QED) is 0.677. The van der Waals surface area contributed by atoms with Gasteiger partial charge in [0.05, 0.1) is 18.4 Å². The van der Waals surface area contributed by atoms with E-state index in [1.54, 1.807) is 47.3 Å². The fourth-order valence-corrected chi connectivity index (χ4v) is 2.68. The number of hydrogen-bond acceptors (Lipinski definition) is 4. The molecule has 0 bridgehead atoms. The van der Waals surface area contributed by atoms with E-state index in [2.05, 4.69) is 16.0 Å². The lowest BCUT2D eigenvalue weighted by Gasteiger charge is -2.11. The number of hydrazine groups is 1. The van der Waals surface area contributed by atoms with E-state index in [9.17, 15) is 9.59 Å². The molecule has 0 aliphatic rings. The monoisotopic (exact) mass is 384 g/mol. The van der Waals surface area contributed by atoms with Gasteiger partial charge in [-0.05, 0) is 55.5 Å². The maximum absolute atomic E-state index is 12.3. The first kappa shape index (κ1) is 18.5. The summed E-state index contributed by atoms with van der Waals surface area (Å²) in [7, 11) is 1.45. The number of nitrogens with zero attached hydrogens (tertiary/aromatic N) is 2. The molecule has 0 atom stereocenters. The van der Waals surface area contributed by atoms with Crippen LogP contribution >= 0.6 is 11.6 Å². The molecule has 2 aromatic carbocycles. The Bertz CT molecular complexity index is 983.